The first-order chi connectivity index (χ1) is 10.4. The molecule has 1 aliphatic rings. The van der Waals surface area contributed by atoms with E-state index in [1.165, 1.54) is 0 Å². The molecule has 1 heterocycles. The van der Waals surface area contributed by atoms with Crippen LogP contribution >= 0.6 is 7.37 Å². The molecular weight excluding hydrogens is 366 g/mol. The molecule has 22 heavy (non-hydrogen) atoms. The molecule has 2 unspecified atom stereocenters. The van der Waals surface area contributed by atoms with E-state index in [4.69, 9.17) is 15.7 Å². The van der Waals surface area contributed by atoms with Crippen molar-refractivity contribution < 1.29 is 20.3 Å². The molecule has 1 aromatic rings. The van der Waals surface area contributed by atoms with Crippen molar-refractivity contribution in [2.24, 2.45) is 5.41 Å². The Hall–Kier alpha value is -0.152. The third-order valence-electron chi connectivity index (χ3n) is 3.28. The summed E-state index contributed by atoms with van der Waals surface area (Å²) in [5.74, 6) is -0.587. The van der Waals surface area contributed by atoms with Gasteiger partial charge in [0.25, 0.3) is 0 Å². The molecular formula is C15H24AsO5P. The summed E-state index contributed by atoms with van der Waals surface area (Å²) in [4.78, 5) is 0. The second kappa shape index (κ2) is 7.61. The van der Waals surface area contributed by atoms with Gasteiger partial charge >= 0.3 is 138 Å². The van der Waals surface area contributed by atoms with Crippen LogP contribution in [-0.2, 0) is 20.3 Å². The molecule has 5 nitrogen and oxygen atoms in total. The van der Waals surface area contributed by atoms with E-state index in [0.29, 0.717) is 25.1 Å². The zero-order valence-corrected chi connectivity index (χ0v) is 16.3. The average molecular weight is 390 g/mol. The van der Waals surface area contributed by atoms with Gasteiger partial charge in [0.05, 0.1) is 0 Å². The molecule has 1 aromatic carbocycles. The predicted octanol–water partition coefficient (Wildman–Crippen LogP) is 3.05. The van der Waals surface area contributed by atoms with Crippen LogP contribution in [0.5, 0.6) is 0 Å². The Kier molecular flexibility index (Phi) is 6.29. The van der Waals surface area contributed by atoms with E-state index < -0.39 is 28.9 Å². The molecule has 124 valence electrons. The molecule has 0 aromatic heterocycles. The van der Waals surface area contributed by atoms with Crippen LogP contribution in [0.4, 0.5) is 0 Å². The predicted molar refractivity (Wildman–Crippen MR) is 87.3 cm³/mol. The molecule has 0 N–H and O–H groups in total. The fourth-order valence-electron chi connectivity index (χ4n) is 2.00. The van der Waals surface area contributed by atoms with Crippen molar-refractivity contribution in [1.29, 1.82) is 0 Å². The average Bonchev–Trinajstić information content (AvgIpc) is 2.50. The number of benzene rings is 1. The Balaban J connectivity index is 2.08. The van der Waals surface area contributed by atoms with Crippen molar-refractivity contribution >= 4 is 28.3 Å². The van der Waals surface area contributed by atoms with Crippen molar-refractivity contribution in [2.45, 2.75) is 33.5 Å². The molecule has 7 heteroatoms. The van der Waals surface area contributed by atoms with Crippen LogP contribution in [0.15, 0.2) is 30.3 Å². The van der Waals surface area contributed by atoms with E-state index in [1.54, 1.807) is 6.92 Å². The van der Waals surface area contributed by atoms with Crippen LogP contribution in [0.2, 0.25) is 0 Å². The maximum absolute atomic E-state index is 13.3. The van der Waals surface area contributed by atoms with Crippen molar-refractivity contribution in [3.63, 3.8) is 0 Å². The first kappa shape index (κ1) is 18.2. The molecule has 0 bridgehead atoms. The van der Waals surface area contributed by atoms with E-state index in [-0.39, 0.29) is 5.41 Å². The summed E-state index contributed by atoms with van der Waals surface area (Å²) < 4.78 is 36.1. The maximum atomic E-state index is 13.3. The molecule has 1 saturated heterocycles. The van der Waals surface area contributed by atoms with Crippen LogP contribution in [0.1, 0.15) is 27.7 Å². The monoisotopic (exact) mass is 390 g/mol. The molecule has 2 rings (SSSR count). The number of rotatable bonds is 6. The summed E-state index contributed by atoms with van der Waals surface area (Å²) in [6.45, 7) is 9.32. The third kappa shape index (κ3) is 4.44. The van der Waals surface area contributed by atoms with Crippen LogP contribution < -0.4 is 5.30 Å². The molecule has 0 saturated carbocycles. The summed E-state index contributed by atoms with van der Waals surface area (Å²) in [5, 5.41) is 0.663. The van der Waals surface area contributed by atoms with Gasteiger partial charge in [-0.25, -0.2) is 0 Å². The fraction of sp³-hybridized carbons (Fsp3) is 0.600. The first-order valence-electron chi connectivity index (χ1n) is 7.40. The fourth-order valence-corrected chi connectivity index (χ4v) is 7.90. The Morgan fingerprint density at radius 2 is 1.86 bits per heavy atom. The molecule has 0 radical (unpaired) electrons. The van der Waals surface area contributed by atoms with Crippen LogP contribution in [0, 0.1) is 5.41 Å². The minimum absolute atomic E-state index is 0.000886. The molecule has 1 fully saturated rings. The van der Waals surface area contributed by atoms with Crippen LogP contribution in [0.25, 0.3) is 0 Å². The third-order valence-corrected chi connectivity index (χ3v) is 8.81. The van der Waals surface area contributed by atoms with Gasteiger partial charge in [0, 0.05) is 0 Å². The second-order valence-corrected chi connectivity index (χ2v) is 11.1. The van der Waals surface area contributed by atoms with Crippen molar-refractivity contribution in [1.82, 2.24) is 0 Å². The second-order valence-electron chi connectivity index (χ2n) is 5.99. The molecule has 0 spiro atoms. The molecule has 1 aliphatic heterocycles. The van der Waals surface area contributed by atoms with Crippen LogP contribution in [-0.4, -0.2) is 41.3 Å². The topological polar surface area (TPSA) is 54.0 Å². The quantitative estimate of drug-likeness (QED) is 0.552. The van der Waals surface area contributed by atoms with E-state index in [1.807, 2.05) is 37.3 Å². The van der Waals surface area contributed by atoms with Gasteiger partial charge in [0.1, 0.15) is 0 Å². The summed E-state index contributed by atoms with van der Waals surface area (Å²) in [6.07, 6.45) is 0. The van der Waals surface area contributed by atoms with Crippen molar-refractivity contribution in [3.05, 3.63) is 30.3 Å². The normalized spacial score (nSPS) is 22.9. The van der Waals surface area contributed by atoms with Gasteiger partial charge in [-0.15, -0.1) is 0 Å². The minimum atomic E-state index is -3.11. The van der Waals surface area contributed by atoms with Gasteiger partial charge in [-0.3, -0.25) is 0 Å². The first-order valence-corrected chi connectivity index (χ1v) is 11.4. The zero-order chi connectivity index (χ0) is 16.2. The molecule has 0 aliphatic carbocycles. The number of hydrogen-bond donors (Lipinski definition) is 0. The summed E-state index contributed by atoms with van der Waals surface area (Å²) >= 11 is -2.34. The van der Waals surface area contributed by atoms with Crippen LogP contribution in [0.3, 0.4) is 0 Å². The molecule has 0 amide bonds. The van der Waals surface area contributed by atoms with E-state index in [0.717, 1.165) is 0 Å². The van der Waals surface area contributed by atoms with E-state index in [9.17, 15) is 4.57 Å². The van der Waals surface area contributed by atoms with Gasteiger partial charge < -0.3 is 0 Å². The number of hydrogen-bond acceptors (Lipinski definition) is 5. The summed E-state index contributed by atoms with van der Waals surface area (Å²) in [7, 11) is -3.11. The van der Waals surface area contributed by atoms with Crippen molar-refractivity contribution in [3.8, 4) is 0 Å². The Morgan fingerprint density at radius 3 is 2.41 bits per heavy atom. The van der Waals surface area contributed by atoms with Gasteiger partial charge in [-0.2, -0.15) is 0 Å². The Labute approximate surface area is 138 Å². The Bertz CT molecular complexity index is 512. The van der Waals surface area contributed by atoms with E-state index >= 15 is 0 Å². The zero-order valence-electron chi connectivity index (χ0n) is 13.5. The van der Waals surface area contributed by atoms with Crippen molar-refractivity contribution in [2.75, 3.05) is 19.8 Å². The summed E-state index contributed by atoms with van der Waals surface area (Å²) in [5.41, 5.74) is 0.000886. The van der Waals surface area contributed by atoms with Gasteiger partial charge in [-0.05, 0) is 0 Å². The van der Waals surface area contributed by atoms with Gasteiger partial charge in [0.2, 0.25) is 0 Å². The standard InChI is InChI=1S/C15H24AsO5P/c1-5-20-22(17,14-9-7-6-8-10-14)13(2)21-16-18-11-15(3,4)12-19-16/h6-10,13H,5,11-12H2,1-4H3. The molecule has 2 atom stereocenters. The van der Waals surface area contributed by atoms with Gasteiger partial charge in [0.15, 0.2) is 0 Å². The summed E-state index contributed by atoms with van der Waals surface area (Å²) in [6, 6.07) is 9.20. The van der Waals surface area contributed by atoms with E-state index in [2.05, 4.69) is 13.8 Å². The van der Waals surface area contributed by atoms with Gasteiger partial charge in [-0.1, -0.05) is 0 Å². The Morgan fingerprint density at radius 1 is 1.27 bits per heavy atom. The SMILES string of the molecule is CCOP(=O)(c1ccccc1)C(C)O[As]1OCC(C)(C)CO1.